The van der Waals surface area contributed by atoms with Crippen LogP contribution in [0.2, 0.25) is 5.02 Å². The Morgan fingerprint density at radius 2 is 1.90 bits per heavy atom. The van der Waals surface area contributed by atoms with Gasteiger partial charge in [-0.15, -0.1) is 11.8 Å². The second-order valence-electron chi connectivity index (χ2n) is 7.15. The lowest BCUT2D eigenvalue weighted by Gasteiger charge is -2.18. The summed E-state index contributed by atoms with van der Waals surface area (Å²) >= 11 is 7.51. The van der Waals surface area contributed by atoms with Crippen molar-refractivity contribution in [3.8, 4) is 6.07 Å². The van der Waals surface area contributed by atoms with Crippen LogP contribution in [0.5, 0.6) is 0 Å². The highest BCUT2D eigenvalue weighted by Gasteiger charge is 2.14. The quantitative estimate of drug-likeness (QED) is 0.463. The first-order chi connectivity index (χ1) is 15.1. The molecule has 0 saturated heterocycles. The molecule has 1 aliphatic heterocycles. The summed E-state index contributed by atoms with van der Waals surface area (Å²) in [5, 5.41) is 10.9. The number of hydrogen-bond donors (Lipinski definition) is 0. The van der Waals surface area contributed by atoms with Gasteiger partial charge in [0.1, 0.15) is 11.1 Å². The van der Waals surface area contributed by atoms with Crippen LogP contribution in [0.3, 0.4) is 0 Å². The van der Waals surface area contributed by atoms with Crippen molar-refractivity contribution in [1.29, 1.82) is 5.26 Å². The molecule has 0 unspecified atom stereocenters. The van der Waals surface area contributed by atoms with Gasteiger partial charge in [0.15, 0.2) is 0 Å². The number of hydrogen-bond acceptors (Lipinski definition) is 5. The first-order valence-corrected chi connectivity index (χ1v) is 11.3. The van der Waals surface area contributed by atoms with E-state index in [-0.39, 0.29) is 0 Å². The van der Waals surface area contributed by atoms with Gasteiger partial charge in [-0.1, -0.05) is 41.9 Å². The van der Waals surface area contributed by atoms with E-state index < -0.39 is 0 Å². The van der Waals surface area contributed by atoms with Crippen molar-refractivity contribution in [1.82, 2.24) is 4.98 Å². The van der Waals surface area contributed by atoms with E-state index in [9.17, 15) is 5.26 Å². The minimum absolute atomic E-state index is 0.579. The number of nitriles is 1. The number of halogens is 1. The van der Waals surface area contributed by atoms with Crippen LogP contribution in [0.15, 0.2) is 76.8 Å². The first-order valence-electron chi connectivity index (χ1n) is 9.95. The summed E-state index contributed by atoms with van der Waals surface area (Å²) in [7, 11) is 2.09. The van der Waals surface area contributed by atoms with Crippen LogP contribution in [0.4, 0.5) is 5.69 Å². The Hall–Kier alpha value is -3.07. The summed E-state index contributed by atoms with van der Waals surface area (Å²) in [5.41, 5.74) is 5.75. The van der Waals surface area contributed by atoms with Crippen LogP contribution in [-0.4, -0.2) is 30.8 Å². The number of benzodiazepines with no additional fused rings is 1. The molecule has 0 atom stereocenters. The fraction of sp³-hybridized carbons (Fsp3) is 0.160. The number of likely N-dealkylation sites (N-methyl/N-ethyl adjacent to an activating group) is 1. The number of nitrogens with zero attached hydrogens (tertiary/aromatic N) is 4. The van der Waals surface area contributed by atoms with Crippen molar-refractivity contribution in [3.05, 3.63) is 94.1 Å². The topological polar surface area (TPSA) is 52.3 Å². The molecular formula is C25H21ClN4S. The maximum absolute atomic E-state index is 9.48. The molecule has 3 aromatic rings. The molecule has 0 fully saturated rings. The van der Waals surface area contributed by atoms with Gasteiger partial charge in [0.25, 0.3) is 0 Å². The van der Waals surface area contributed by atoms with Crippen molar-refractivity contribution in [2.24, 2.45) is 4.99 Å². The second-order valence-corrected chi connectivity index (χ2v) is 8.56. The van der Waals surface area contributed by atoms with E-state index in [1.165, 1.54) is 5.69 Å². The Morgan fingerprint density at radius 3 is 2.71 bits per heavy atom. The van der Waals surface area contributed by atoms with Crippen LogP contribution in [-0.2, 0) is 5.75 Å². The van der Waals surface area contributed by atoms with Gasteiger partial charge in [-0.2, -0.15) is 5.26 Å². The number of rotatable bonds is 5. The lowest BCUT2D eigenvalue weighted by Crippen LogP contribution is -2.20. The fourth-order valence-corrected chi connectivity index (χ4v) is 4.39. The van der Waals surface area contributed by atoms with E-state index >= 15 is 0 Å². The zero-order valence-electron chi connectivity index (χ0n) is 17.1. The van der Waals surface area contributed by atoms with E-state index in [1.54, 1.807) is 11.8 Å². The minimum Gasteiger partial charge on any atom is -0.372 e. The van der Waals surface area contributed by atoms with Crippen molar-refractivity contribution in [2.45, 2.75) is 10.8 Å². The van der Waals surface area contributed by atoms with Crippen molar-refractivity contribution in [2.75, 3.05) is 25.0 Å². The SMILES string of the molecule is CN1CCN=C(/C=C/c2ccc(C#N)c(SCc3ccc(Cl)cc3)n2)c2ccccc21. The minimum atomic E-state index is 0.579. The largest absolute Gasteiger partial charge is 0.372 e. The first kappa shape index (κ1) is 21.2. The summed E-state index contributed by atoms with van der Waals surface area (Å²) in [6.45, 7) is 1.63. The van der Waals surface area contributed by atoms with Gasteiger partial charge in [0.2, 0.25) is 0 Å². The van der Waals surface area contributed by atoms with Crippen LogP contribution >= 0.6 is 23.4 Å². The van der Waals surface area contributed by atoms with Gasteiger partial charge >= 0.3 is 0 Å². The average Bonchev–Trinajstić information content (AvgIpc) is 2.96. The van der Waals surface area contributed by atoms with Crippen molar-refractivity contribution >= 4 is 40.8 Å². The number of fused-ring (bicyclic) bond motifs is 1. The molecule has 0 radical (unpaired) electrons. The maximum Gasteiger partial charge on any atom is 0.115 e. The zero-order chi connectivity index (χ0) is 21.6. The summed E-state index contributed by atoms with van der Waals surface area (Å²) in [6, 6.07) is 22.0. The van der Waals surface area contributed by atoms with Crippen LogP contribution < -0.4 is 4.90 Å². The Balaban J connectivity index is 1.56. The summed E-state index contributed by atoms with van der Waals surface area (Å²) in [4.78, 5) is 11.7. The molecule has 4 nitrogen and oxygen atoms in total. The lowest BCUT2D eigenvalue weighted by atomic mass is 10.1. The highest BCUT2D eigenvalue weighted by molar-refractivity contribution is 7.98. The van der Waals surface area contributed by atoms with E-state index in [4.69, 9.17) is 21.6 Å². The number of benzene rings is 2. The molecule has 2 heterocycles. The van der Waals surface area contributed by atoms with Gasteiger partial charge in [-0.05, 0) is 48.0 Å². The van der Waals surface area contributed by atoms with E-state index in [0.717, 1.165) is 46.4 Å². The van der Waals surface area contributed by atoms with Crippen LogP contribution in [0.25, 0.3) is 6.08 Å². The van der Waals surface area contributed by atoms with Gasteiger partial charge in [-0.25, -0.2) is 4.98 Å². The highest BCUT2D eigenvalue weighted by atomic mass is 35.5. The number of thioether (sulfide) groups is 1. The number of anilines is 1. The van der Waals surface area contributed by atoms with Gasteiger partial charge < -0.3 is 4.90 Å². The molecule has 1 aromatic heterocycles. The molecule has 6 heteroatoms. The number of aliphatic imine (C=N–C) groups is 1. The molecule has 1 aliphatic rings. The average molecular weight is 445 g/mol. The number of pyridine rings is 1. The van der Waals surface area contributed by atoms with Crippen molar-refractivity contribution in [3.63, 3.8) is 0 Å². The fourth-order valence-electron chi connectivity index (χ4n) is 3.33. The van der Waals surface area contributed by atoms with E-state index in [2.05, 4.69) is 30.1 Å². The Morgan fingerprint density at radius 1 is 1.10 bits per heavy atom. The molecule has 2 aromatic carbocycles. The van der Waals surface area contributed by atoms with E-state index in [1.807, 2.05) is 60.7 Å². The third-order valence-electron chi connectivity index (χ3n) is 5.01. The number of allylic oxidation sites excluding steroid dienone is 1. The van der Waals surface area contributed by atoms with Gasteiger partial charge in [0.05, 0.1) is 23.5 Å². The molecule has 31 heavy (non-hydrogen) atoms. The van der Waals surface area contributed by atoms with Gasteiger partial charge in [0, 0.05) is 35.6 Å². The third kappa shape index (κ3) is 5.16. The summed E-state index contributed by atoms with van der Waals surface area (Å²) in [5.74, 6) is 0.721. The number of aromatic nitrogens is 1. The molecule has 154 valence electrons. The molecule has 4 rings (SSSR count). The zero-order valence-corrected chi connectivity index (χ0v) is 18.7. The normalized spacial score (nSPS) is 13.5. The Kier molecular flexibility index (Phi) is 6.71. The molecule has 0 saturated carbocycles. The van der Waals surface area contributed by atoms with Gasteiger partial charge in [-0.3, -0.25) is 4.99 Å². The molecule has 0 bridgehead atoms. The molecular weight excluding hydrogens is 424 g/mol. The lowest BCUT2D eigenvalue weighted by molar-refractivity contribution is 0.897. The Bertz CT molecular complexity index is 1180. The third-order valence-corrected chi connectivity index (χ3v) is 6.33. The smallest absolute Gasteiger partial charge is 0.115 e. The highest BCUT2D eigenvalue weighted by Crippen LogP contribution is 2.26. The Labute approximate surface area is 191 Å². The summed E-state index contributed by atoms with van der Waals surface area (Å²) < 4.78 is 0. The standard InChI is InChI=1S/C25H21ClN4S/c1-30-15-14-28-23(22-4-2-3-5-24(22)30)13-12-21-11-8-19(16-27)25(29-21)31-17-18-6-9-20(26)10-7-18/h2-13H,14-15,17H2,1H3/b13-12+. The maximum atomic E-state index is 9.48. The molecule has 0 aliphatic carbocycles. The second kappa shape index (κ2) is 9.82. The predicted octanol–water partition coefficient (Wildman–Crippen LogP) is 5.85. The van der Waals surface area contributed by atoms with E-state index in [0.29, 0.717) is 10.6 Å². The molecule has 0 spiro atoms. The van der Waals surface area contributed by atoms with Crippen molar-refractivity contribution < 1.29 is 0 Å². The monoisotopic (exact) mass is 444 g/mol. The molecule has 0 amide bonds. The van der Waals surface area contributed by atoms with Crippen LogP contribution in [0, 0.1) is 11.3 Å². The molecule has 0 N–H and O–H groups in total. The van der Waals surface area contributed by atoms with Crippen LogP contribution in [0.1, 0.15) is 22.4 Å². The number of para-hydroxylation sites is 1. The summed E-state index contributed by atoms with van der Waals surface area (Å²) in [6.07, 6.45) is 3.98. The predicted molar refractivity (Wildman–Crippen MR) is 130 cm³/mol.